The molecule has 6 N–H and O–H groups in total. The SMILES string of the molecule is O=C(O)C=CCc1ccc2c(CC=CC(=O)O)c(O)c(O)c(O)c2c(=O)c1O. The molecule has 0 spiro atoms. The van der Waals surface area contributed by atoms with Gasteiger partial charge in [-0.3, -0.25) is 4.79 Å². The van der Waals surface area contributed by atoms with Gasteiger partial charge in [0.1, 0.15) is 0 Å². The van der Waals surface area contributed by atoms with Gasteiger partial charge in [-0.05, 0) is 18.2 Å². The third-order valence-corrected chi connectivity index (χ3v) is 3.94. The van der Waals surface area contributed by atoms with E-state index in [0.29, 0.717) is 0 Å². The molecule has 0 unspecified atom stereocenters. The molecule has 0 aliphatic rings. The molecule has 9 nitrogen and oxygen atoms in total. The highest BCUT2D eigenvalue weighted by atomic mass is 16.4. The summed E-state index contributed by atoms with van der Waals surface area (Å²) >= 11 is 0. The molecule has 0 saturated carbocycles. The first-order valence-corrected chi connectivity index (χ1v) is 7.88. The minimum Gasteiger partial charge on any atom is -0.504 e. The third-order valence-electron chi connectivity index (χ3n) is 3.94. The molecular formula is C19H16O9. The Labute approximate surface area is 157 Å². The van der Waals surface area contributed by atoms with Crippen LogP contribution in [0.1, 0.15) is 11.1 Å². The zero-order valence-corrected chi connectivity index (χ0v) is 14.3. The molecule has 2 aromatic carbocycles. The first-order valence-electron chi connectivity index (χ1n) is 7.88. The highest BCUT2D eigenvalue weighted by Gasteiger charge is 2.21. The first-order chi connectivity index (χ1) is 13.1. The van der Waals surface area contributed by atoms with Crippen LogP contribution in [0.15, 0.2) is 41.2 Å². The maximum atomic E-state index is 12.6. The van der Waals surface area contributed by atoms with Crippen molar-refractivity contribution in [3.05, 3.63) is 57.8 Å². The summed E-state index contributed by atoms with van der Waals surface area (Å²) in [7, 11) is 0. The number of hydrogen-bond acceptors (Lipinski definition) is 7. The Morgan fingerprint density at radius 1 is 0.786 bits per heavy atom. The van der Waals surface area contributed by atoms with E-state index in [1.165, 1.54) is 24.3 Å². The van der Waals surface area contributed by atoms with E-state index in [1.54, 1.807) is 0 Å². The Morgan fingerprint density at radius 2 is 1.36 bits per heavy atom. The highest BCUT2D eigenvalue weighted by molar-refractivity contribution is 5.96. The fourth-order valence-corrected chi connectivity index (χ4v) is 2.66. The predicted molar refractivity (Wildman–Crippen MR) is 97.8 cm³/mol. The van der Waals surface area contributed by atoms with Crippen LogP contribution in [-0.4, -0.2) is 42.6 Å². The number of hydrogen-bond donors (Lipinski definition) is 6. The van der Waals surface area contributed by atoms with Crippen molar-refractivity contribution in [3.63, 3.8) is 0 Å². The Kier molecular flexibility index (Phi) is 5.89. The summed E-state index contributed by atoms with van der Waals surface area (Å²) in [5.41, 5.74) is -1.04. The lowest BCUT2D eigenvalue weighted by Gasteiger charge is -2.09. The molecule has 0 aromatic heterocycles. The molecule has 0 atom stereocenters. The zero-order valence-electron chi connectivity index (χ0n) is 14.3. The molecule has 9 heteroatoms. The van der Waals surface area contributed by atoms with Gasteiger partial charge in [0.25, 0.3) is 0 Å². The second kappa shape index (κ2) is 8.12. The first kappa shape index (κ1) is 20.3. The van der Waals surface area contributed by atoms with Gasteiger partial charge in [0, 0.05) is 23.3 Å². The van der Waals surface area contributed by atoms with Crippen molar-refractivity contribution in [2.45, 2.75) is 12.8 Å². The van der Waals surface area contributed by atoms with Gasteiger partial charge < -0.3 is 30.6 Å². The van der Waals surface area contributed by atoms with E-state index >= 15 is 0 Å². The van der Waals surface area contributed by atoms with Crippen molar-refractivity contribution in [1.29, 1.82) is 0 Å². The Hall–Kier alpha value is -4.01. The second-order valence-corrected chi connectivity index (χ2v) is 5.74. The van der Waals surface area contributed by atoms with Crippen molar-refractivity contribution in [2.75, 3.05) is 0 Å². The molecule has 0 bridgehead atoms. The lowest BCUT2D eigenvalue weighted by Crippen LogP contribution is -2.01. The van der Waals surface area contributed by atoms with Gasteiger partial charge in [-0.1, -0.05) is 24.3 Å². The van der Waals surface area contributed by atoms with Crippen LogP contribution in [0.3, 0.4) is 0 Å². The summed E-state index contributed by atoms with van der Waals surface area (Å²) in [5.74, 6) is -5.89. The van der Waals surface area contributed by atoms with E-state index in [0.717, 1.165) is 12.2 Å². The molecule has 0 amide bonds. The van der Waals surface area contributed by atoms with Crippen molar-refractivity contribution in [2.24, 2.45) is 0 Å². The highest BCUT2D eigenvalue weighted by Crippen LogP contribution is 2.44. The number of allylic oxidation sites excluding steroid dienone is 2. The Balaban J connectivity index is 2.80. The molecular weight excluding hydrogens is 372 g/mol. The van der Waals surface area contributed by atoms with E-state index in [9.17, 15) is 34.8 Å². The Bertz CT molecular complexity index is 1080. The smallest absolute Gasteiger partial charge is 0.327 e. The molecule has 2 rings (SSSR count). The maximum Gasteiger partial charge on any atom is 0.327 e. The number of aromatic hydroxyl groups is 4. The van der Waals surface area contributed by atoms with Crippen molar-refractivity contribution in [3.8, 4) is 23.0 Å². The van der Waals surface area contributed by atoms with Gasteiger partial charge in [-0.25, -0.2) is 9.59 Å². The quantitative estimate of drug-likeness (QED) is 0.316. The number of aliphatic carboxylic acids is 2. The molecule has 0 heterocycles. The van der Waals surface area contributed by atoms with Crippen LogP contribution < -0.4 is 5.43 Å². The standard InChI is InChI=1S/C19H16O9/c20-12(21)5-1-3-9-7-8-10-11(4-2-6-13(22)23)16(25)19(28)18(27)14(10)17(26)15(9)24/h1-2,5-8,25,27-28H,3-4H2,(H,20,21)(H,22,23)(H,24,26). The monoisotopic (exact) mass is 388 g/mol. The van der Waals surface area contributed by atoms with Crippen LogP contribution in [0.4, 0.5) is 0 Å². The number of carbonyl (C=O) groups is 2. The molecule has 2 aromatic rings. The predicted octanol–water partition coefficient (Wildman–Crippen LogP) is 1.39. The summed E-state index contributed by atoms with van der Waals surface area (Å²) in [4.78, 5) is 33.8. The lowest BCUT2D eigenvalue weighted by molar-refractivity contribution is -0.132. The largest absolute Gasteiger partial charge is 0.504 e. The van der Waals surface area contributed by atoms with E-state index < -0.39 is 45.8 Å². The summed E-state index contributed by atoms with van der Waals surface area (Å²) in [6.07, 6.45) is 3.69. The normalized spacial score (nSPS) is 11.4. The average Bonchev–Trinajstić information content (AvgIpc) is 2.74. The maximum absolute atomic E-state index is 12.6. The molecule has 146 valence electrons. The van der Waals surface area contributed by atoms with Gasteiger partial charge in [-0.2, -0.15) is 0 Å². The number of carboxylic acids is 2. The summed E-state index contributed by atoms with van der Waals surface area (Å²) in [6.45, 7) is 0. The molecule has 0 saturated heterocycles. The number of phenols is 3. The van der Waals surface area contributed by atoms with Crippen LogP contribution >= 0.6 is 0 Å². The fourth-order valence-electron chi connectivity index (χ4n) is 2.66. The van der Waals surface area contributed by atoms with Crippen LogP contribution in [0.5, 0.6) is 23.0 Å². The van der Waals surface area contributed by atoms with Crippen LogP contribution in [0.2, 0.25) is 0 Å². The van der Waals surface area contributed by atoms with Crippen molar-refractivity contribution >= 4 is 22.7 Å². The molecule has 0 radical (unpaired) electrons. The van der Waals surface area contributed by atoms with Gasteiger partial charge in [0.2, 0.25) is 11.2 Å². The summed E-state index contributed by atoms with van der Waals surface area (Å²) in [6, 6.07) is 2.59. The minimum atomic E-state index is -1.24. The topological polar surface area (TPSA) is 173 Å². The van der Waals surface area contributed by atoms with E-state index in [2.05, 4.69) is 0 Å². The zero-order chi connectivity index (χ0) is 21.0. The van der Waals surface area contributed by atoms with Gasteiger partial charge in [0.05, 0.1) is 5.39 Å². The van der Waals surface area contributed by atoms with Crippen LogP contribution in [-0.2, 0) is 22.4 Å². The molecule has 0 fully saturated rings. The Morgan fingerprint density at radius 3 is 1.93 bits per heavy atom. The summed E-state index contributed by atoms with van der Waals surface area (Å²) in [5, 5.41) is 57.2. The third kappa shape index (κ3) is 4.04. The fraction of sp³-hybridized carbons (Fsp3) is 0.105. The van der Waals surface area contributed by atoms with Crippen molar-refractivity contribution < 1.29 is 40.2 Å². The molecule has 0 aliphatic heterocycles. The van der Waals surface area contributed by atoms with Gasteiger partial charge >= 0.3 is 11.9 Å². The number of rotatable bonds is 6. The number of benzene rings is 1. The minimum absolute atomic E-state index is 0.0170. The molecule has 28 heavy (non-hydrogen) atoms. The van der Waals surface area contributed by atoms with Gasteiger partial charge in [-0.15, -0.1) is 0 Å². The second-order valence-electron chi connectivity index (χ2n) is 5.74. The molecule has 0 aliphatic carbocycles. The average molecular weight is 388 g/mol. The van der Waals surface area contributed by atoms with Gasteiger partial charge in [0.15, 0.2) is 17.2 Å². The number of phenolic OH excluding ortho intramolecular Hbond substituents is 3. The lowest BCUT2D eigenvalue weighted by atomic mass is 10.0. The van der Waals surface area contributed by atoms with E-state index in [4.69, 9.17) is 10.2 Å². The van der Waals surface area contributed by atoms with Crippen molar-refractivity contribution in [1.82, 2.24) is 0 Å². The number of fused-ring (bicyclic) bond motifs is 1. The van der Waals surface area contributed by atoms with Crippen LogP contribution in [0.25, 0.3) is 10.8 Å². The summed E-state index contributed by atoms with van der Waals surface area (Å²) < 4.78 is 0. The van der Waals surface area contributed by atoms with E-state index in [-0.39, 0.29) is 29.4 Å². The van der Waals surface area contributed by atoms with Crippen LogP contribution in [0, 0.1) is 0 Å². The number of carboxylic acid groups (broad SMARTS) is 2. The van der Waals surface area contributed by atoms with E-state index in [1.807, 2.05) is 0 Å².